The Bertz CT molecular complexity index is 1010. The Morgan fingerprint density at radius 3 is 1.92 bits per heavy atom. The predicted molar refractivity (Wildman–Crippen MR) is 93.1 cm³/mol. The zero-order chi connectivity index (χ0) is 17.8. The van der Waals surface area contributed by atoms with Gasteiger partial charge in [0.25, 0.3) is 0 Å². The van der Waals surface area contributed by atoms with Gasteiger partial charge in [-0.1, -0.05) is 0 Å². The molecular weight excluding hydrogens is 344 g/mol. The topological polar surface area (TPSA) is 109 Å². The standard InChI is InChI=1S/C16H18N4O4S/c1-25(23,24)20-6-2-10(3-7-20)19-8-11-12(9-19)16(22)14-13(15(11)21)17-4-5-18-14/h4-5,8-10,21-22H,2-3,6-7H2,1H3. The van der Waals surface area contributed by atoms with E-state index in [0.717, 1.165) is 0 Å². The van der Waals surface area contributed by atoms with E-state index in [9.17, 15) is 18.6 Å². The van der Waals surface area contributed by atoms with Gasteiger partial charge in [0, 0.05) is 54.7 Å². The quantitative estimate of drug-likeness (QED) is 0.670. The van der Waals surface area contributed by atoms with Crippen LogP contribution in [0, 0.1) is 0 Å². The summed E-state index contributed by atoms with van der Waals surface area (Å²) in [4.78, 5) is 8.19. The number of phenolic OH excluding ortho intramolecular Hbond substituents is 2. The fourth-order valence-corrected chi connectivity index (χ4v) is 4.35. The smallest absolute Gasteiger partial charge is 0.211 e. The minimum absolute atomic E-state index is 0.0109. The van der Waals surface area contributed by atoms with Crippen LogP contribution in [0.2, 0.25) is 0 Å². The molecule has 4 rings (SSSR count). The van der Waals surface area contributed by atoms with Crippen molar-refractivity contribution in [3.8, 4) is 11.5 Å². The first-order valence-electron chi connectivity index (χ1n) is 7.97. The predicted octanol–water partition coefficient (Wildman–Crippen LogP) is 1.59. The summed E-state index contributed by atoms with van der Waals surface area (Å²) in [6, 6.07) is 0.105. The SMILES string of the molecule is CS(=O)(=O)N1CCC(n2cc3c(O)c4nccnc4c(O)c3c2)CC1. The molecule has 132 valence electrons. The molecule has 0 atom stereocenters. The highest BCUT2D eigenvalue weighted by Crippen LogP contribution is 2.41. The van der Waals surface area contributed by atoms with Crippen LogP contribution in [0.15, 0.2) is 24.8 Å². The van der Waals surface area contributed by atoms with E-state index in [1.54, 1.807) is 12.4 Å². The Kier molecular flexibility index (Phi) is 3.58. The maximum atomic E-state index is 11.6. The van der Waals surface area contributed by atoms with Gasteiger partial charge >= 0.3 is 0 Å². The summed E-state index contributed by atoms with van der Waals surface area (Å²) >= 11 is 0. The first-order valence-corrected chi connectivity index (χ1v) is 9.82. The third kappa shape index (κ3) is 2.59. The molecule has 1 aromatic carbocycles. The zero-order valence-electron chi connectivity index (χ0n) is 13.6. The van der Waals surface area contributed by atoms with Crippen molar-refractivity contribution < 1.29 is 18.6 Å². The van der Waals surface area contributed by atoms with Crippen LogP contribution in [0.1, 0.15) is 18.9 Å². The number of hydrogen-bond acceptors (Lipinski definition) is 6. The van der Waals surface area contributed by atoms with Crippen molar-refractivity contribution >= 4 is 31.8 Å². The third-order valence-electron chi connectivity index (χ3n) is 4.82. The van der Waals surface area contributed by atoms with Crippen LogP contribution in [0.4, 0.5) is 0 Å². The normalized spacial score (nSPS) is 17.5. The summed E-state index contributed by atoms with van der Waals surface area (Å²) in [7, 11) is -3.17. The fourth-order valence-electron chi connectivity index (χ4n) is 3.47. The number of benzene rings is 1. The molecule has 1 aliphatic heterocycles. The molecule has 1 aliphatic rings. The van der Waals surface area contributed by atoms with E-state index in [0.29, 0.717) is 36.7 Å². The van der Waals surface area contributed by atoms with Gasteiger partial charge in [-0.15, -0.1) is 0 Å². The highest BCUT2D eigenvalue weighted by Gasteiger charge is 2.26. The average molecular weight is 362 g/mol. The number of rotatable bonds is 2. The van der Waals surface area contributed by atoms with Crippen molar-refractivity contribution in [1.29, 1.82) is 0 Å². The van der Waals surface area contributed by atoms with E-state index < -0.39 is 10.0 Å². The van der Waals surface area contributed by atoms with Gasteiger partial charge < -0.3 is 14.8 Å². The Labute approximate surface area is 144 Å². The van der Waals surface area contributed by atoms with E-state index in [2.05, 4.69) is 9.97 Å². The van der Waals surface area contributed by atoms with Gasteiger partial charge in [-0.05, 0) is 12.8 Å². The summed E-state index contributed by atoms with van der Waals surface area (Å²) in [5.74, 6) is -0.0218. The average Bonchev–Trinajstić information content (AvgIpc) is 3.05. The molecule has 2 aromatic heterocycles. The lowest BCUT2D eigenvalue weighted by Crippen LogP contribution is -2.38. The number of aromatic nitrogens is 3. The summed E-state index contributed by atoms with van der Waals surface area (Å²) in [5.41, 5.74) is 0.522. The maximum Gasteiger partial charge on any atom is 0.211 e. The molecule has 1 saturated heterocycles. The molecule has 0 bridgehead atoms. The molecule has 0 saturated carbocycles. The second-order valence-corrected chi connectivity index (χ2v) is 8.36. The molecular formula is C16H18N4O4S. The fraction of sp³-hybridized carbons (Fsp3) is 0.375. The largest absolute Gasteiger partial charge is 0.505 e. The Morgan fingerprint density at radius 2 is 1.48 bits per heavy atom. The lowest BCUT2D eigenvalue weighted by atomic mass is 10.1. The van der Waals surface area contributed by atoms with Gasteiger partial charge in [-0.3, -0.25) is 0 Å². The number of phenols is 2. The van der Waals surface area contributed by atoms with Crippen LogP contribution in [0.25, 0.3) is 21.8 Å². The Morgan fingerprint density at radius 1 is 1.00 bits per heavy atom. The molecule has 0 aliphatic carbocycles. The monoisotopic (exact) mass is 362 g/mol. The Balaban J connectivity index is 1.74. The highest BCUT2D eigenvalue weighted by atomic mass is 32.2. The first-order chi connectivity index (χ1) is 11.9. The van der Waals surface area contributed by atoms with Gasteiger partial charge in [-0.25, -0.2) is 22.7 Å². The summed E-state index contributed by atoms with van der Waals surface area (Å²) < 4.78 is 26.7. The molecule has 0 radical (unpaired) electrons. The van der Waals surface area contributed by atoms with Crippen LogP contribution in [0.3, 0.4) is 0 Å². The van der Waals surface area contributed by atoms with Crippen molar-refractivity contribution in [3.05, 3.63) is 24.8 Å². The van der Waals surface area contributed by atoms with Crippen molar-refractivity contribution in [2.24, 2.45) is 0 Å². The molecule has 25 heavy (non-hydrogen) atoms. The second kappa shape index (κ2) is 5.57. The summed E-state index contributed by atoms with van der Waals surface area (Å²) in [6.07, 6.45) is 9.05. The molecule has 3 aromatic rings. The van der Waals surface area contributed by atoms with E-state index >= 15 is 0 Å². The lowest BCUT2D eigenvalue weighted by molar-refractivity contribution is 0.276. The van der Waals surface area contributed by atoms with Crippen molar-refractivity contribution in [3.63, 3.8) is 0 Å². The van der Waals surface area contributed by atoms with Crippen LogP contribution < -0.4 is 0 Å². The number of hydrogen-bond donors (Lipinski definition) is 2. The van der Waals surface area contributed by atoms with Gasteiger partial charge in [-0.2, -0.15) is 0 Å². The zero-order valence-corrected chi connectivity index (χ0v) is 14.4. The van der Waals surface area contributed by atoms with Crippen LogP contribution in [0.5, 0.6) is 11.5 Å². The lowest BCUT2D eigenvalue weighted by Gasteiger charge is -2.31. The first kappa shape index (κ1) is 16.1. The van der Waals surface area contributed by atoms with Crippen molar-refractivity contribution in [1.82, 2.24) is 18.8 Å². The van der Waals surface area contributed by atoms with Crippen molar-refractivity contribution in [2.75, 3.05) is 19.3 Å². The van der Waals surface area contributed by atoms with Gasteiger partial charge in [0.2, 0.25) is 10.0 Å². The Hall–Kier alpha value is -2.39. The van der Waals surface area contributed by atoms with E-state index in [1.165, 1.54) is 23.0 Å². The van der Waals surface area contributed by atoms with E-state index in [4.69, 9.17) is 0 Å². The van der Waals surface area contributed by atoms with Crippen LogP contribution in [-0.2, 0) is 10.0 Å². The molecule has 2 N–H and O–H groups in total. The van der Waals surface area contributed by atoms with Gasteiger partial charge in [0.05, 0.1) is 6.26 Å². The number of sulfonamides is 1. The second-order valence-electron chi connectivity index (χ2n) is 6.38. The summed E-state index contributed by atoms with van der Waals surface area (Å²) in [6.45, 7) is 0.919. The van der Waals surface area contributed by atoms with E-state index in [1.807, 2.05) is 4.57 Å². The van der Waals surface area contributed by atoms with E-state index in [-0.39, 0.29) is 28.6 Å². The molecule has 3 heterocycles. The molecule has 0 unspecified atom stereocenters. The molecule has 1 fully saturated rings. The van der Waals surface area contributed by atoms with Gasteiger partial charge in [0.15, 0.2) is 11.5 Å². The number of aromatic hydroxyl groups is 2. The number of fused-ring (bicyclic) bond motifs is 2. The molecule has 8 nitrogen and oxygen atoms in total. The number of nitrogens with zero attached hydrogens (tertiary/aromatic N) is 4. The maximum absolute atomic E-state index is 11.6. The minimum atomic E-state index is -3.17. The molecule has 0 spiro atoms. The third-order valence-corrected chi connectivity index (χ3v) is 6.12. The van der Waals surface area contributed by atoms with Gasteiger partial charge in [0.1, 0.15) is 11.0 Å². The molecule has 9 heteroatoms. The van der Waals surface area contributed by atoms with Crippen LogP contribution in [-0.4, -0.2) is 56.8 Å². The molecule has 0 amide bonds. The van der Waals surface area contributed by atoms with Crippen molar-refractivity contribution in [2.45, 2.75) is 18.9 Å². The minimum Gasteiger partial charge on any atom is -0.505 e. The summed E-state index contributed by atoms with van der Waals surface area (Å²) in [5, 5.41) is 22.0. The number of piperidine rings is 1. The van der Waals surface area contributed by atoms with Crippen LogP contribution >= 0.6 is 0 Å². The highest BCUT2D eigenvalue weighted by molar-refractivity contribution is 7.88.